The molecule has 0 bridgehead atoms. The Morgan fingerprint density at radius 2 is 2.24 bits per heavy atom. The van der Waals surface area contributed by atoms with Crippen LogP contribution in [0.1, 0.15) is 52.9 Å². The number of thiazole rings is 1. The number of carbonyl (C=O) groups is 1. The number of ether oxygens (including phenoxy) is 1. The molecule has 0 aliphatic carbocycles. The zero-order valence-corrected chi connectivity index (χ0v) is 21.2. The van der Waals surface area contributed by atoms with E-state index in [1.54, 1.807) is 18.4 Å². The Labute approximate surface area is 204 Å². The van der Waals surface area contributed by atoms with Crippen molar-refractivity contribution < 1.29 is 9.53 Å². The summed E-state index contributed by atoms with van der Waals surface area (Å²) in [6, 6.07) is 0.426. The van der Waals surface area contributed by atoms with Gasteiger partial charge in [0, 0.05) is 68.6 Å². The van der Waals surface area contributed by atoms with Gasteiger partial charge in [0.2, 0.25) is 0 Å². The molecule has 0 aromatic carbocycles. The van der Waals surface area contributed by atoms with Gasteiger partial charge in [-0.25, -0.2) is 4.98 Å². The second-order valence-electron chi connectivity index (χ2n) is 9.28. The van der Waals surface area contributed by atoms with Crippen molar-refractivity contribution in [3.05, 3.63) is 39.9 Å². The first-order valence-corrected chi connectivity index (χ1v) is 13.2. The Kier molecular flexibility index (Phi) is 7.01. The molecule has 3 aromatic rings. The first-order valence-electron chi connectivity index (χ1n) is 12.3. The Hall–Kier alpha value is -2.27. The number of carbonyl (C=O) groups excluding carboxylic acids is 1. The van der Waals surface area contributed by atoms with Crippen LogP contribution in [0.2, 0.25) is 0 Å². The fourth-order valence-corrected chi connectivity index (χ4v) is 6.19. The Balaban J connectivity index is 1.35. The monoisotopic (exact) mass is 485 g/mol. The van der Waals surface area contributed by atoms with E-state index < -0.39 is 0 Å². The first-order chi connectivity index (χ1) is 16.6. The molecular weight excluding hydrogens is 450 g/mol. The molecule has 1 unspecified atom stereocenters. The van der Waals surface area contributed by atoms with E-state index in [1.165, 1.54) is 17.8 Å². The van der Waals surface area contributed by atoms with E-state index in [9.17, 15) is 4.79 Å². The molecule has 0 radical (unpaired) electrons. The van der Waals surface area contributed by atoms with Gasteiger partial charge in [0.15, 0.2) is 10.7 Å². The van der Waals surface area contributed by atoms with Crippen LogP contribution in [0, 0.1) is 6.92 Å². The minimum atomic E-state index is -0.0574. The number of fused-ring (bicyclic) bond motifs is 2. The van der Waals surface area contributed by atoms with Gasteiger partial charge in [0.05, 0.1) is 24.5 Å². The summed E-state index contributed by atoms with van der Waals surface area (Å²) in [6.07, 6.45) is 5.31. The van der Waals surface area contributed by atoms with Crippen LogP contribution in [-0.2, 0) is 30.8 Å². The average Bonchev–Trinajstić information content (AvgIpc) is 3.61. The molecule has 5 rings (SSSR count). The SMILES string of the molecule is CCN1CCCC1CNC(=O)c1nn(CCOC)c2c1CN(Cc1c(C)nc3sccn13)CC2. The minimum Gasteiger partial charge on any atom is -0.383 e. The lowest BCUT2D eigenvalue weighted by Crippen LogP contribution is -2.40. The molecule has 0 spiro atoms. The van der Waals surface area contributed by atoms with Crippen molar-refractivity contribution in [1.82, 2.24) is 34.3 Å². The largest absolute Gasteiger partial charge is 0.383 e. The molecule has 1 N–H and O–H groups in total. The van der Waals surface area contributed by atoms with Crippen LogP contribution in [-0.4, -0.2) is 80.8 Å². The number of hydrogen-bond donors (Lipinski definition) is 1. The smallest absolute Gasteiger partial charge is 0.272 e. The Morgan fingerprint density at radius 3 is 3.06 bits per heavy atom. The lowest BCUT2D eigenvalue weighted by molar-refractivity contribution is 0.0932. The quantitative estimate of drug-likeness (QED) is 0.501. The number of imidazole rings is 1. The molecule has 5 heterocycles. The number of rotatable bonds is 9. The Bertz CT molecular complexity index is 1150. The molecule has 34 heavy (non-hydrogen) atoms. The van der Waals surface area contributed by atoms with Gasteiger partial charge in [0.1, 0.15) is 0 Å². The molecule has 10 heteroatoms. The number of likely N-dealkylation sites (N-methyl/N-ethyl adjacent to an activating group) is 1. The molecular formula is C24H35N7O2S. The zero-order chi connectivity index (χ0) is 23.7. The molecule has 2 aliphatic rings. The average molecular weight is 486 g/mol. The highest BCUT2D eigenvalue weighted by Crippen LogP contribution is 2.26. The second-order valence-corrected chi connectivity index (χ2v) is 10.2. The third-order valence-electron chi connectivity index (χ3n) is 7.27. The summed E-state index contributed by atoms with van der Waals surface area (Å²) in [7, 11) is 1.70. The fraction of sp³-hybridized carbons (Fsp3) is 0.625. The maximum atomic E-state index is 13.3. The number of nitrogens with one attached hydrogen (secondary N) is 1. The van der Waals surface area contributed by atoms with E-state index in [2.05, 4.69) is 44.9 Å². The lowest BCUT2D eigenvalue weighted by atomic mass is 10.0. The molecule has 2 aliphatic heterocycles. The fourth-order valence-electron chi connectivity index (χ4n) is 5.41. The van der Waals surface area contributed by atoms with E-state index in [-0.39, 0.29) is 5.91 Å². The van der Waals surface area contributed by atoms with Crippen molar-refractivity contribution in [3.8, 4) is 0 Å². The molecule has 3 aromatic heterocycles. The number of aryl methyl sites for hydroxylation is 1. The van der Waals surface area contributed by atoms with Gasteiger partial charge >= 0.3 is 0 Å². The molecule has 9 nitrogen and oxygen atoms in total. The van der Waals surface area contributed by atoms with Crippen molar-refractivity contribution in [2.24, 2.45) is 0 Å². The molecule has 1 atom stereocenters. The van der Waals surface area contributed by atoms with E-state index in [0.717, 1.165) is 55.2 Å². The van der Waals surface area contributed by atoms with Gasteiger partial charge in [-0.1, -0.05) is 6.92 Å². The number of amides is 1. The molecule has 184 valence electrons. The summed E-state index contributed by atoms with van der Waals surface area (Å²) < 4.78 is 9.47. The minimum absolute atomic E-state index is 0.0574. The standard InChI is InChI=1S/C24H35N7O2S/c1-4-29-8-5-6-18(29)14-25-23(32)22-19-15-28(9-7-20(19)31(27-22)10-12-33-3)16-21-17(2)26-24-30(21)11-13-34-24/h11,13,18H,4-10,12,14-16H2,1-3H3,(H,25,32). The summed E-state index contributed by atoms with van der Waals surface area (Å²) >= 11 is 1.66. The number of methoxy groups -OCH3 is 1. The van der Waals surface area contributed by atoms with Gasteiger partial charge in [-0.2, -0.15) is 5.10 Å². The number of likely N-dealkylation sites (tertiary alicyclic amines) is 1. The van der Waals surface area contributed by atoms with Gasteiger partial charge in [-0.15, -0.1) is 11.3 Å². The zero-order valence-electron chi connectivity index (χ0n) is 20.4. The molecule has 0 saturated carbocycles. The summed E-state index contributed by atoms with van der Waals surface area (Å²) in [5.41, 5.74) is 5.09. The van der Waals surface area contributed by atoms with Crippen LogP contribution in [0.25, 0.3) is 4.96 Å². The van der Waals surface area contributed by atoms with E-state index in [0.29, 0.717) is 38.0 Å². The van der Waals surface area contributed by atoms with Crippen molar-refractivity contribution >= 4 is 22.2 Å². The van der Waals surface area contributed by atoms with Crippen LogP contribution < -0.4 is 5.32 Å². The van der Waals surface area contributed by atoms with Crippen molar-refractivity contribution in [1.29, 1.82) is 0 Å². The highest BCUT2D eigenvalue weighted by atomic mass is 32.1. The molecule has 1 fully saturated rings. The second kappa shape index (κ2) is 10.2. The highest BCUT2D eigenvalue weighted by molar-refractivity contribution is 7.15. The number of hydrogen-bond acceptors (Lipinski definition) is 7. The summed E-state index contributed by atoms with van der Waals surface area (Å²) in [4.78, 5) is 23.9. The molecule has 1 saturated heterocycles. The summed E-state index contributed by atoms with van der Waals surface area (Å²) in [5.74, 6) is -0.0574. The van der Waals surface area contributed by atoms with Crippen LogP contribution in [0.3, 0.4) is 0 Å². The Morgan fingerprint density at radius 1 is 1.35 bits per heavy atom. The maximum Gasteiger partial charge on any atom is 0.272 e. The van der Waals surface area contributed by atoms with E-state index in [1.807, 2.05) is 4.68 Å². The number of nitrogens with zero attached hydrogens (tertiary/aromatic N) is 6. The van der Waals surface area contributed by atoms with Gasteiger partial charge in [0.25, 0.3) is 5.91 Å². The normalized spacial score (nSPS) is 19.2. The van der Waals surface area contributed by atoms with Gasteiger partial charge in [-0.05, 0) is 32.9 Å². The maximum absolute atomic E-state index is 13.3. The van der Waals surface area contributed by atoms with Crippen molar-refractivity contribution in [3.63, 3.8) is 0 Å². The van der Waals surface area contributed by atoms with Crippen molar-refractivity contribution in [2.75, 3.05) is 39.9 Å². The van der Waals surface area contributed by atoms with Gasteiger partial charge < -0.3 is 10.1 Å². The first kappa shape index (κ1) is 23.5. The summed E-state index contributed by atoms with van der Waals surface area (Å²) in [6.45, 7) is 10.8. The topological polar surface area (TPSA) is 79.9 Å². The predicted molar refractivity (Wildman–Crippen MR) is 132 cm³/mol. The highest BCUT2D eigenvalue weighted by Gasteiger charge is 2.30. The molecule has 1 amide bonds. The third-order valence-corrected chi connectivity index (χ3v) is 8.03. The van der Waals surface area contributed by atoms with Crippen LogP contribution in [0.15, 0.2) is 11.6 Å². The van der Waals surface area contributed by atoms with Crippen LogP contribution in [0.4, 0.5) is 0 Å². The van der Waals surface area contributed by atoms with E-state index in [4.69, 9.17) is 14.8 Å². The lowest BCUT2D eigenvalue weighted by Gasteiger charge is -2.28. The van der Waals surface area contributed by atoms with Gasteiger partial charge in [-0.3, -0.25) is 23.7 Å². The van der Waals surface area contributed by atoms with Crippen LogP contribution in [0.5, 0.6) is 0 Å². The van der Waals surface area contributed by atoms with Crippen LogP contribution >= 0.6 is 11.3 Å². The number of aromatic nitrogens is 4. The van der Waals surface area contributed by atoms with E-state index >= 15 is 0 Å². The summed E-state index contributed by atoms with van der Waals surface area (Å²) in [5, 5.41) is 10.0. The predicted octanol–water partition coefficient (Wildman–Crippen LogP) is 2.32. The third kappa shape index (κ3) is 4.51. The van der Waals surface area contributed by atoms with Crippen molar-refractivity contribution in [2.45, 2.75) is 58.8 Å².